The summed E-state index contributed by atoms with van der Waals surface area (Å²) in [6.07, 6.45) is 0. The topological polar surface area (TPSA) is 49.9 Å². The summed E-state index contributed by atoms with van der Waals surface area (Å²) in [6, 6.07) is 6.82. The number of halogens is 1. The normalized spacial score (nSPS) is 9.42. The molecule has 0 fully saturated rings. The molecule has 1 aromatic carbocycles. The van der Waals surface area contributed by atoms with Crippen molar-refractivity contribution in [3.8, 4) is 0 Å². The van der Waals surface area contributed by atoms with Gasteiger partial charge in [0.25, 0.3) is 0 Å². The Morgan fingerprint density at radius 1 is 1.33 bits per heavy atom. The molecule has 0 aliphatic heterocycles. The van der Waals surface area contributed by atoms with Crippen molar-refractivity contribution in [3.63, 3.8) is 0 Å². The van der Waals surface area contributed by atoms with E-state index in [9.17, 15) is 0 Å². The summed E-state index contributed by atoms with van der Waals surface area (Å²) < 4.78 is 0. The summed E-state index contributed by atoms with van der Waals surface area (Å²) in [5.74, 6) is 0. The fourth-order valence-electron chi connectivity index (χ4n) is 0.759. The van der Waals surface area contributed by atoms with E-state index in [0.29, 0.717) is 10.6 Å². The van der Waals surface area contributed by atoms with Gasteiger partial charge in [-0.05, 0) is 12.1 Å². The summed E-state index contributed by atoms with van der Waals surface area (Å²) in [7, 11) is 0. The van der Waals surface area contributed by atoms with Crippen LogP contribution in [0.5, 0.6) is 0 Å². The average Bonchev–Trinajstić information content (AvgIpc) is 2.04. The zero-order chi connectivity index (χ0) is 9.14. The Balaban J connectivity index is 2.98. The van der Waals surface area contributed by atoms with Gasteiger partial charge in [0.1, 0.15) is 4.99 Å². The Kier molecular flexibility index (Phi) is 2.78. The van der Waals surface area contributed by atoms with E-state index in [-0.39, 0.29) is 10.7 Å². The van der Waals surface area contributed by atoms with Gasteiger partial charge in [0.05, 0.1) is 5.71 Å². The van der Waals surface area contributed by atoms with Gasteiger partial charge in [-0.15, -0.1) is 0 Å². The highest BCUT2D eigenvalue weighted by Crippen LogP contribution is 2.09. The van der Waals surface area contributed by atoms with E-state index in [1.165, 1.54) is 0 Å². The van der Waals surface area contributed by atoms with Crippen LogP contribution in [0.2, 0.25) is 5.02 Å². The number of thiocarbonyl (C=S) groups is 1. The second-order valence-electron chi connectivity index (χ2n) is 2.25. The van der Waals surface area contributed by atoms with Crippen molar-refractivity contribution in [2.75, 3.05) is 0 Å². The van der Waals surface area contributed by atoms with Crippen molar-refractivity contribution in [1.29, 1.82) is 5.41 Å². The minimum absolute atomic E-state index is 0.0947. The number of nitrogens with one attached hydrogen (secondary N) is 1. The van der Waals surface area contributed by atoms with Crippen LogP contribution in [0, 0.1) is 5.41 Å². The summed E-state index contributed by atoms with van der Waals surface area (Å²) >= 11 is 10.3. The van der Waals surface area contributed by atoms with Gasteiger partial charge in [-0.25, -0.2) is 0 Å². The smallest absolute Gasteiger partial charge is 0.122 e. The van der Waals surface area contributed by atoms with E-state index in [1.54, 1.807) is 24.3 Å². The van der Waals surface area contributed by atoms with E-state index in [4.69, 9.17) is 22.7 Å². The maximum atomic E-state index is 7.45. The number of rotatable bonds is 2. The molecule has 62 valence electrons. The van der Waals surface area contributed by atoms with Gasteiger partial charge < -0.3 is 5.73 Å². The summed E-state index contributed by atoms with van der Waals surface area (Å²) in [6.45, 7) is 0. The Labute approximate surface area is 80.8 Å². The van der Waals surface area contributed by atoms with Gasteiger partial charge in [0, 0.05) is 10.6 Å². The van der Waals surface area contributed by atoms with E-state index in [2.05, 4.69) is 12.2 Å². The lowest BCUT2D eigenvalue weighted by atomic mass is 10.1. The van der Waals surface area contributed by atoms with Crippen LogP contribution in [0.1, 0.15) is 5.56 Å². The molecule has 12 heavy (non-hydrogen) atoms. The van der Waals surface area contributed by atoms with Crippen molar-refractivity contribution < 1.29 is 0 Å². The predicted octanol–water partition coefficient (Wildman–Crippen LogP) is 1.99. The van der Waals surface area contributed by atoms with Crippen molar-refractivity contribution in [1.82, 2.24) is 0 Å². The molecule has 1 rings (SSSR count). The monoisotopic (exact) mass is 198 g/mol. The van der Waals surface area contributed by atoms with Gasteiger partial charge in [0.2, 0.25) is 0 Å². The van der Waals surface area contributed by atoms with E-state index >= 15 is 0 Å². The molecule has 3 N–H and O–H groups in total. The van der Waals surface area contributed by atoms with Crippen LogP contribution in [-0.4, -0.2) is 10.7 Å². The molecule has 0 aliphatic carbocycles. The fourth-order valence-corrected chi connectivity index (χ4v) is 1.00. The molecular formula is C8H7ClN2S. The van der Waals surface area contributed by atoms with E-state index < -0.39 is 0 Å². The average molecular weight is 199 g/mol. The molecule has 0 saturated heterocycles. The van der Waals surface area contributed by atoms with Crippen LogP contribution < -0.4 is 5.73 Å². The van der Waals surface area contributed by atoms with Gasteiger partial charge in [-0.1, -0.05) is 36.0 Å². The highest BCUT2D eigenvalue weighted by Gasteiger charge is 2.02. The molecule has 4 heteroatoms. The lowest BCUT2D eigenvalue weighted by Gasteiger charge is -2.00. The zero-order valence-corrected chi connectivity index (χ0v) is 7.75. The summed E-state index contributed by atoms with van der Waals surface area (Å²) in [4.78, 5) is 0.0947. The SMILES string of the molecule is N=C(C(N)=S)c1ccc(Cl)cc1. The molecule has 0 heterocycles. The minimum Gasteiger partial charge on any atom is -0.388 e. The maximum absolute atomic E-state index is 7.45. The molecular weight excluding hydrogens is 192 g/mol. The van der Waals surface area contributed by atoms with Gasteiger partial charge >= 0.3 is 0 Å². The molecule has 0 atom stereocenters. The third kappa shape index (κ3) is 2.03. The Morgan fingerprint density at radius 2 is 1.83 bits per heavy atom. The van der Waals surface area contributed by atoms with Gasteiger partial charge in [-0.2, -0.15) is 0 Å². The van der Waals surface area contributed by atoms with Crippen molar-refractivity contribution >= 4 is 34.5 Å². The summed E-state index contributed by atoms with van der Waals surface area (Å²) in [5, 5.41) is 8.08. The zero-order valence-electron chi connectivity index (χ0n) is 6.17. The van der Waals surface area contributed by atoms with Gasteiger partial charge in [0.15, 0.2) is 0 Å². The van der Waals surface area contributed by atoms with Crippen molar-refractivity contribution in [2.45, 2.75) is 0 Å². The predicted molar refractivity (Wildman–Crippen MR) is 55.1 cm³/mol. The first-order chi connectivity index (χ1) is 5.61. The Morgan fingerprint density at radius 3 is 2.25 bits per heavy atom. The molecule has 0 saturated carbocycles. The molecule has 0 spiro atoms. The van der Waals surface area contributed by atoms with Crippen LogP contribution in [0.4, 0.5) is 0 Å². The van der Waals surface area contributed by atoms with Crippen LogP contribution in [0.3, 0.4) is 0 Å². The summed E-state index contributed by atoms with van der Waals surface area (Å²) in [5.41, 5.74) is 6.14. The van der Waals surface area contributed by atoms with Crippen molar-refractivity contribution in [3.05, 3.63) is 34.9 Å². The van der Waals surface area contributed by atoms with Crippen LogP contribution in [0.15, 0.2) is 24.3 Å². The molecule has 0 unspecified atom stereocenters. The lowest BCUT2D eigenvalue weighted by molar-refractivity contribution is 1.50. The number of hydrogen-bond donors (Lipinski definition) is 2. The lowest BCUT2D eigenvalue weighted by Crippen LogP contribution is -2.20. The molecule has 0 aliphatic rings. The molecule has 2 nitrogen and oxygen atoms in total. The second kappa shape index (κ2) is 3.65. The molecule has 0 bridgehead atoms. The van der Waals surface area contributed by atoms with Gasteiger partial charge in [-0.3, -0.25) is 5.41 Å². The number of benzene rings is 1. The van der Waals surface area contributed by atoms with Crippen LogP contribution in [0.25, 0.3) is 0 Å². The second-order valence-corrected chi connectivity index (χ2v) is 3.12. The maximum Gasteiger partial charge on any atom is 0.122 e. The quantitative estimate of drug-likeness (QED) is 0.564. The largest absolute Gasteiger partial charge is 0.388 e. The molecule has 0 amide bonds. The molecule has 1 aromatic rings. The van der Waals surface area contributed by atoms with Crippen LogP contribution in [-0.2, 0) is 0 Å². The third-order valence-corrected chi connectivity index (χ3v) is 1.84. The standard InChI is InChI=1S/C8H7ClN2S/c9-6-3-1-5(2-4-6)7(10)8(11)12/h1-4,10H,(H2,11,12). The highest BCUT2D eigenvalue weighted by molar-refractivity contribution is 7.82. The van der Waals surface area contributed by atoms with Crippen LogP contribution >= 0.6 is 23.8 Å². The number of hydrogen-bond acceptors (Lipinski definition) is 2. The fraction of sp³-hybridized carbons (Fsp3) is 0. The first-order valence-corrected chi connectivity index (χ1v) is 4.04. The minimum atomic E-state index is 0.0947. The Hall–Kier alpha value is -0.930. The van der Waals surface area contributed by atoms with E-state index in [0.717, 1.165) is 0 Å². The highest BCUT2D eigenvalue weighted by atomic mass is 35.5. The first kappa shape index (κ1) is 9.16. The third-order valence-electron chi connectivity index (χ3n) is 1.38. The first-order valence-electron chi connectivity index (χ1n) is 3.25. The van der Waals surface area contributed by atoms with Crippen molar-refractivity contribution in [2.24, 2.45) is 5.73 Å². The van der Waals surface area contributed by atoms with E-state index in [1.807, 2.05) is 0 Å². The molecule has 0 aromatic heterocycles. The Bertz CT molecular complexity index is 318. The molecule has 0 radical (unpaired) electrons. The number of nitrogens with two attached hydrogens (primary N) is 1.